The molecule has 26 heavy (non-hydrogen) atoms. The summed E-state index contributed by atoms with van der Waals surface area (Å²) in [6.45, 7) is 4.13. The van der Waals surface area contributed by atoms with Crippen LogP contribution in [0.3, 0.4) is 0 Å². The van der Waals surface area contributed by atoms with Gasteiger partial charge in [0.2, 0.25) is 17.7 Å². The Hall–Kier alpha value is -2.44. The van der Waals surface area contributed by atoms with Crippen LogP contribution in [0.25, 0.3) is 17.5 Å². The quantitative estimate of drug-likeness (QED) is 0.564. The molecule has 2 heterocycles. The Bertz CT molecular complexity index is 903. The van der Waals surface area contributed by atoms with Crippen molar-refractivity contribution in [3.05, 3.63) is 63.6 Å². The van der Waals surface area contributed by atoms with Crippen LogP contribution in [0.15, 0.2) is 52.3 Å². The first kappa shape index (κ1) is 18.4. The van der Waals surface area contributed by atoms with Crippen LogP contribution in [-0.2, 0) is 11.3 Å². The molecule has 0 unspecified atom stereocenters. The third-order valence-corrected chi connectivity index (χ3v) is 4.88. The van der Waals surface area contributed by atoms with Gasteiger partial charge in [0.1, 0.15) is 0 Å². The molecule has 0 aliphatic rings. The number of benzene rings is 1. The molecule has 0 aliphatic carbocycles. The van der Waals surface area contributed by atoms with Crippen LogP contribution in [0.4, 0.5) is 0 Å². The average molecular weight is 388 g/mol. The molecule has 0 radical (unpaired) electrons. The molecule has 0 atom stereocenters. The molecule has 0 fully saturated rings. The third-order valence-electron chi connectivity index (χ3n) is 3.72. The summed E-state index contributed by atoms with van der Waals surface area (Å²) in [7, 11) is 0. The maximum Gasteiger partial charge on any atom is 0.249 e. The fourth-order valence-electron chi connectivity index (χ4n) is 2.36. The fourth-order valence-corrected chi connectivity index (χ4v) is 3.19. The number of hydrogen-bond donors (Lipinski definition) is 0. The molecule has 0 saturated heterocycles. The normalized spacial score (nSPS) is 11.4. The van der Waals surface area contributed by atoms with Gasteiger partial charge in [-0.1, -0.05) is 29.8 Å². The Morgan fingerprint density at radius 2 is 2.08 bits per heavy atom. The molecule has 2 aromatic heterocycles. The van der Waals surface area contributed by atoms with Crippen LogP contribution in [0, 0.1) is 0 Å². The lowest BCUT2D eigenvalue weighted by molar-refractivity contribution is -0.128. The van der Waals surface area contributed by atoms with Crippen molar-refractivity contribution < 1.29 is 9.21 Å². The van der Waals surface area contributed by atoms with E-state index in [1.165, 1.54) is 0 Å². The highest BCUT2D eigenvalue weighted by Crippen LogP contribution is 2.26. The van der Waals surface area contributed by atoms with Crippen molar-refractivity contribution in [1.29, 1.82) is 0 Å². The first-order chi connectivity index (χ1) is 12.5. The molecule has 0 aliphatic heterocycles. The molecule has 1 aromatic carbocycles. The van der Waals surface area contributed by atoms with E-state index in [9.17, 15) is 4.79 Å². The number of amides is 1. The standard InChI is InChI=1S/C19H18ClN3O2S/c1-13(2)23(18(24)10-9-14-6-5-11-26-14)12-17-21-22-19(25-17)15-7-3-4-8-16(15)20/h3-11,13H,12H2,1-2H3/b10-9+. The number of thiophene rings is 1. The largest absolute Gasteiger partial charge is 0.419 e. The summed E-state index contributed by atoms with van der Waals surface area (Å²) in [5, 5.41) is 10.6. The van der Waals surface area contributed by atoms with Crippen molar-refractivity contribution in [2.45, 2.75) is 26.4 Å². The van der Waals surface area contributed by atoms with Gasteiger partial charge in [-0.2, -0.15) is 0 Å². The summed E-state index contributed by atoms with van der Waals surface area (Å²) in [4.78, 5) is 15.3. The number of carbonyl (C=O) groups excluding carboxylic acids is 1. The summed E-state index contributed by atoms with van der Waals surface area (Å²) in [5.41, 5.74) is 0.674. The average Bonchev–Trinajstić information content (AvgIpc) is 3.29. The Morgan fingerprint density at radius 3 is 2.77 bits per heavy atom. The smallest absolute Gasteiger partial charge is 0.249 e. The Labute approximate surface area is 160 Å². The van der Waals surface area contributed by atoms with Gasteiger partial charge >= 0.3 is 0 Å². The summed E-state index contributed by atoms with van der Waals surface area (Å²) in [6.07, 6.45) is 3.38. The topological polar surface area (TPSA) is 59.2 Å². The number of nitrogens with zero attached hydrogens (tertiary/aromatic N) is 3. The second-order valence-electron chi connectivity index (χ2n) is 5.89. The molecular formula is C19H18ClN3O2S. The van der Waals surface area contributed by atoms with Gasteiger partial charge in [-0.3, -0.25) is 4.79 Å². The Morgan fingerprint density at radius 1 is 1.27 bits per heavy atom. The summed E-state index contributed by atoms with van der Waals surface area (Å²) in [5.74, 6) is 0.605. The maximum atomic E-state index is 12.5. The van der Waals surface area contributed by atoms with Crippen LogP contribution in [0.1, 0.15) is 24.6 Å². The molecule has 3 aromatic rings. The molecule has 3 rings (SSSR count). The van der Waals surface area contributed by atoms with Crippen molar-refractivity contribution in [2.24, 2.45) is 0 Å². The van der Waals surface area contributed by atoms with Crippen molar-refractivity contribution in [2.75, 3.05) is 0 Å². The minimum Gasteiger partial charge on any atom is -0.419 e. The van der Waals surface area contributed by atoms with Crippen molar-refractivity contribution in [3.63, 3.8) is 0 Å². The molecule has 134 valence electrons. The molecule has 1 amide bonds. The lowest BCUT2D eigenvalue weighted by Crippen LogP contribution is -2.35. The number of rotatable bonds is 6. The van der Waals surface area contributed by atoms with Gasteiger partial charge in [-0.25, -0.2) is 0 Å². The van der Waals surface area contributed by atoms with Gasteiger partial charge in [0, 0.05) is 17.0 Å². The van der Waals surface area contributed by atoms with Gasteiger partial charge in [-0.15, -0.1) is 21.5 Å². The molecule has 0 bridgehead atoms. The van der Waals surface area contributed by atoms with E-state index in [1.54, 1.807) is 28.4 Å². The van der Waals surface area contributed by atoms with Gasteiger partial charge in [0.05, 0.1) is 17.1 Å². The number of hydrogen-bond acceptors (Lipinski definition) is 5. The zero-order valence-electron chi connectivity index (χ0n) is 14.4. The predicted octanol–water partition coefficient (Wildman–Crippen LogP) is 4.90. The summed E-state index contributed by atoms with van der Waals surface area (Å²) in [6, 6.07) is 11.2. The third kappa shape index (κ3) is 4.39. The molecule has 7 heteroatoms. The zero-order valence-corrected chi connectivity index (χ0v) is 16.0. The Balaban J connectivity index is 1.74. The second kappa shape index (κ2) is 8.29. The highest BCUT2D eigenvalue weighted by atomic mass is 35.5. The van der Waals surface area contributed by atoms with E-state index in [0.717, 1.165) is 4.88 Å². The van der Waals surface area contributed by atoms with Gasteiger partial charge in [0.15, 0.2) is 0 Å². The minimum atomic E-state index is -0.106. The maximum absolute atomic E-state index is 12.5. The first-order valence-corrected chi connectivity index (χ1v) is 9.40. The van der Waals surface area contributed by atoms with Crippen molar-refractivity contribution in [3.8, 4) is 11.5 Å². The van der Waals surface area contributed by atoms with Crippen LogP contribution >= 0.6 is 22.9 Å². The lowest BCUT2D eigenvalue weighted by atomic mass is 10.2. The number of aromatic nitrogens is 2. The van der Waals surface area contributed by atoms with E-state index < -0.39 is 0 Å². The SMILES string of the molecule is CC(C)N(Cc1nnc(-c2ccccc2Cl)o1)C(=O)/C=C/c1cccs1. The molecule has 5 nitrogen and oxygen atoms in total. The van der Waals surface area contributed by atoms with Crippen molar-refractivity contribution >= 4 is 34.9 Å². The molecule has 0 N–H and O–H groups in total. The molecular weight excluding hydrogens is 370 g/mol. The van der Waals surface area contributed by atoms with Crippen molar-refractivity contribution in [1.82, 2.24) is 15.1 Å². The van der Waals surface area contributed by atoms with Gasteiger partial charge in [0.25, 0.3) is 0 Å². The predicted molar refractivity (Wildman–Crippen MR) is 104 cm³/mol. The van der Waals surface area contributed by atoms with Crippen LogP contribution in [0.5, 0.6) is 0 Å². The second-order valence-corrected chi connectivity index (χ2v) is 7.28. The van der Waals surface area contributed by atoms with E-state index in [0.29, 0.717) is 22.4 Å². The first-order valence-electron chi connectivity index (χ1n) is 8.14. The minimum absolute atomic E-state index is 0.00820. The monoisotopic (exact) mass is 387 g/mol. The zero-order chi connectivity index (χ0) is 18.5. The van der Waals surface area contributed by atoms with E-state index in [4.69, 9.17) is 16.0 Å². The van der Waals surface area contributed by atoms with Gasteiger partial charge < -0.3 is 9.32 Å². The van der Waals surface area contributed by atoms with E-state index >= 15 is 0 Å². The summed E-state index contributed by atoms with van der Waals surface area (Å²) >= 11 is 7.74. The highest BCUT2D eigenvalue weighted by molar-refractivity contribution is 7.10. The highest BCUT2D eigenvalue weighted by Gasteiger charge is 2.19. The van der Waals surface area contributed by atoms with E-state index in [2.05, 4.69) is 10.2 Å². The van der Waals surface area contributed by atoms with Gasteiger partial charge in [-0.05, 0) is 43.5 Å². The number of carbonyl (C=O) groups is 1. The van der Waals surface area contributed by atoms with Crippen LogP contribution < -0.4 is 0 Å². The fraction of sp³-hybridized carbons (Fsp3) is 0.211. The molecule has 0 spiro atoms. The Kier molecular flexibility index (Phi) is 5.85. The van der Waals surface area contributed by atoms with E-state index in [1.807, 2.05) is 55.6 Å². The van der Waals surface area contributed by atoms with E-state index in [-0.39, 0.29) is 18.5 Å². The number of halogens is 1. The lowest BCUT2D eigenvalue weighted by Gasteiger charge is -2.23. The van der Waals surface area contributed by atoms with Crippen LogP contribution in [-0.4, -0.2) is 27.0 Å². The molecule has 0 saturated carbocycles. The van der Waals surface area contributed by atoms with Crippen LogP contribution in [0.2, 0.25) is 5.02 Å². The summed E-state index contributed by atoms with van der Waals surface area (Å²) < 4.78 is 5.71.